The van der Waals surface area contributed by atoms with Crippen LogP contribution in [-0.4, -0.2) is 19.6 Å². The van der Waals surface area contributed by atoms with Crippen LogP contribution in [0.25, 0.3) is 5.57 Å². The summed E-state index contributed by atoms with van der Waals surface area (Å²) in [7, 11) is 1.66. The first-order valence-electron chi connectivity index (χ1n) is 8.01. The average Bonchev–Trinajstić information content (AvgIpc) is 3.20. The Labute approximate surface area is 140 Å². The summed E-state index contributed by atoms with van der Waals surface area (Å²) in [4.78, 5) is 12.3. The minimum absolute atomic E-state index is 0.0309. The van der Waals surface area contributed by atoms with Crippen molar-refractivity contribution in [3.63, 3.8) is 0 Å². The van der Waals surface area contributed by atoms with Crippen molar-refractivity contribution in [1.82, 2.24) is 10.9 Å². The summed E-state index contributed by atoms with van der Waals surface area (Å²) in [5.74, 6) is 0.991. The third kappa shape index (κ3) is 2.58. The number of nitrogens with one attached hydrogen (secondary N) is 3. The fourth-order valence-electron chi connectivity index (χ4n) is 3.33. The number of hydrogen-bond acceptors (Lipinski definition) is 4. The molecule has 0 bridgehead atoms. The van der Waals surface area contributed by atoms with Crippen LogP contribution in [0.4, 0.5) is 5.69 Å². The van der Waals surface area contributed by atoms with Crippen LogP contribution in [0.1, 0.15) is 17.2 Å². The van der Waals surface area contributed by atoms with Gasteiger partial charge < -0.3 is 10.1 Å². The molecule has 2 unspecified atom stereocenters. The number of rotatable bonds is 3. The molecule has 1 amide bonds. The van der Waals surface area contributed by atoms with E-state index >= 15 is 0 Å². The molecule has 2 aliphatic rings. The van der Waals surface area contributed by atoms with E-state index < -0.39 is 0 Å². The van der Waals surface area contributed by atoms with Gasteiger partial charge in [0.15, 0.2) is 0 Å². The Balaban J connectivity index is 1.64. The second-order valence-corrected chi connectivity index (χ2v) is 6.02. The van der Waals surface area contributed by atoms with Crippen molar-refractivity contribution >= 4 is 17.2 Å². The molecule has 3 N–H and O–H groups in total. The molecule has 0 radical (unpaired) electrons. The molecule has 1 fully saturated rings. The van der Waals surface area contributed by atoms with E-state index in [9.17, 15) is 4.79 Å². The highest BCUT2D eigenvalue weighted by Crippen LogP contribution is 2.35. The Morgan fingerprint density at radius 3 is 2.71 bits per heavy atom. The Kier molecular flexibility index (Phi) is 3.80. The predicted octanol–water partition coefficient (Wildman–Crippen LogP) is 2.50. The number of carbonyl (C=O) groups excluding carboxylic acids is 1. The van der Waals surface area contributed by atoms with Gasteiger partial charge in [-0.3, -0.25) is 10.2 Å². The lowest BCUT2D eigenvalue weighted by Crippen LogP contribution is -2.24. The van der Waals surface area contributed by atoms with Gasteiger partial charge >= 0.3 is 0 Å². The first kappa shape index (κ1) is 14.9. The van der Waals surface area contributed by atoms with Gasteiger partial charge in [-0.2, -0.15) is 0 Å². The molecule has 5 heteroatoms. The molecular formula is C19H19N3O2. The van der Waals surface area contributed by atoms with Crippen molar-refractivity contribution in [3.8, 4) is 5.75 Å². The maximum Gasteiger partial charge on any atom is 0.256 e. The van der Waals surface area contributed by atoms with Gasteiger partial charge in [-0.15, -0.1) is 0 Å². The summed E-state index contributed by atoms with van der Waals surface area (Å²) >= 11 is 0. The predicted molar refractivity (Wildman–Crippen MR) is 93.4 cm³/mol. The SMILES string of the molecule is COc1ccc(C2NNCC2/C=C2\C(=O)Nc3ccccc32)cc1. The van der Waals surface area contributed by atoms with Gasteiger partial charge in [0.25, 0.3) is 5.91 Å². The van der Waals surface area contributed by atoms with E-state index in [-0.39, 0.29) is 17.9 Å². The smallest absolute Gasteiger partial charge is 0.256 e. The number of anilines is 1. The zero-order valence-electron chi connectivity index (χ0n) is 13.4. The van der Waals surface area contributed by atoms with Crippen LogP contribution in [0.5, 0.6) is 5.75 Å². The number of hydrazine groups is 1. The molecule has 4 rings (SSSR count). The lowest BCUT2D eigenvalue weighted by molar-refractivity contribution is -0.110. The van der Waals surface area contributed by atoms with E-state index in [0.29, 0.717) is 0 Å². The number of carbonyl (C=O) groups is 1. The number of para-hydroxylation sites is 1. The van der Waals surface area contributed by atoms with Crippen molar-refractivity contribution in [1.29, 1.82) is 0 Å². The molecule has 0 aromatic heterocycles. The minimum atomic E-state index is -0.0309. The van der Waals surface area contributed by atoms with Gasteiger partial charge in [-0.1, -0.05) is 36.4 Å². The van der Waals surface area contributed by atoms with Crippen molar-refractivity contribution in [2.45, 2.75) is 6.04 Å². The lowest BCUT2D eigenvalue weighted by atomic mass is 9.91. The maximum atomic E-state index is 12.3. The van der Waals surface area contributed by atoms with Gasteiger partial charge in [0, 0.05) is 29.3 Å². The van der Waals surface area contributed by atoms with Gasteiger partial charge in [-0.05, 0) is 23.8 Å². The first-order valence-corrected chi connectivity index (χ1v) is 8.01. The third-order valence-electron chi connectivity index (χ3n) is 4.59. The van der Waals surface area contributed by atoms with E-state index in [0.717, 1.165) is 34.7 Å². The fraction of sp³-hybridized carbons (Fsp3) is 0.211. The topological polar surface area (TPSA) is 62.4 Å². The second-order valence-electron chi connectivity index (χ2n) is 6.02. The Morgan fingerprint density at radius 1 is 1.12 bits per heavy atom. The molecule has 24 heavy (non-hydrogen) atoms. The first-order chi connectivity index (χ1) is 11.8. The van der Waals surface area contributed by atoms with Crippen molar-refractivity contribution in [2.24, 2.45) is 5.92 Å². The second kappa shape index (κ2) is 6.11. The number of methoxy groups -OCH3 is 1. The Morgan fingerprint density at radius 2 is 1.92 bits per heavy atom. The van der Waals surface area contributed by atoms with Crippen molar-refractivity contribution in [3.05, 3.63) is 65.7 Å². The molecule has 2 aliphatic heterocycles. The van der Waals surface area contributed by atoms with Gasteiger partial charge in [0.1, 0.15) is 5.75 Å². The van der Waals surface area contributed by atoms with Crippen LogP contribution in [0.3, 0.4) is 0 Å². The minimum Gasteiger partial charge on any atom is -0.497 e. The van der Waals surface area contributed by atoms with E-state index in [1.165, 1.54) is 0 Å². The molecule has 2 atom stereocenters. The largest absolute Gasteiger partial charge is 0.497 e. The van der Waals surface area contributed by atoms with Crippen LogP contribution in [-0.2, 0) is 4.79 Å². The maximum absolute atomic E-state index is 12.3. The van der Waals surface area contributed by atoms with Crippen LogP contribution in [0.15, 0.2) is 54.6 Å². The number of amides is 1. The standard InChI is InChI=1S/C19H19N3O2/c1-24-14-8-6-12(7-9-14)18-13(11-20-22-18)10-16-15-4-2-3-5-17(15)21-19(16)23/h2-10,13,18,20,22H,11H2,1H3,(H,21,23)/b16-10-. The third-order valence-corrected chi connectivity index (χ3v) is 4.59. The van der Waals surface area contributed by atoms with Crippen LogP contribution in [0, 0.1) is 5.92 Å². The van der Waals surface area contributed by atoms with Gasteiger partial charge in [0.05, 0.1) is 13.2 Å². The zero-order chi connectivity index (χ0) is 16.5. The summed E-state index contributed by atoms with van der Waals surface area (Å²) in [6.45, 7) is 0.773. The van der Waals surface area contributed by atoms with Crippen LogP contribution in [0.2, 0.25) is 0 Å². The molecule has 0 spiro atoms. The van der Waals surface area contributed by atoms with Crippen molar-refractivity contribution < 1.29 is 9.53 Å². The van der Waals surface area contributed by atoms with E-state index in [1.807, 2.05) is 36.4 Å². The molecule has 2 heterocycles. The molecule has 0 saturated carbocycles. The van der Waals surface area contributed by atoms with E-state index in [1.54, 1.807) is 7.11 Å². The monoisotopic (exact) mass is 321 g/mol. The summed E-state index contributed by atoms with van der Waals surface area (Å²) in [5.41, 5.74) is 10.3. The number of ether oxygens (including phenoxy) is 1. The normalized spacial score (nSPS) is 24.0. The van der Waals surface area contributed by atoms with Crippen LogP contribution >= 0.6 is 0 Å². The summed E-state index contributed by atoms with van der Waals surface area (Å²) in [5, 5.41) is 2.93. The van der Waals surface area contributed by atoms with Crippen molar-refractivity contribution in [2.75, 3.05) is 19.0 Å². The quantitative estimate of drug-likeness (QED) is 0.760. The molecular weight excluding hydrogens is 302 g/mol. The highest BCUT2D eigenvalue weighted by atomic mass is 16.5. The summed E-state index contributed by atoms with van der Waals surface area (Å²) < 4.78 is 5.22. The summed E-state index contributed by atoms with van der Waals surface area (Å²) in [6.07, 6.45) is 2.07. The number of fused-ring (bicyclic) bond motifs is 1. The highest BCUT2D eigenvalue weighted by molar-refractivity contribution is 6.31. The lowest BCUT2D eigenvalue weighted by Gasteiger charge is -2.17. The molecule has 2 aromatic carbocycles. The molecule has 122 valence electrons. The highest BCUT2D eigenvalue weighted by Gasteiger charge is 2.30. The van der Waals surface area contributed by atoms with Gasteiger partial charge in [0.2, 0.25) is 0 Å². The zero-order valence-corrected chi connectivity index (χ0v) is 13.4. The van der Waals surface area contributed by atoms with E-state index in [4.69, 9.17) is 4.74 Å². The van der Waals surface area contributed by atoms with E-state index in [2.05, 4.69) is 34.4 Å². The number of hydrogen-bond donors (Lipinski definition) is 3. The van der Waals surface area contributed by atoms with Crippen LogP contribution < -0.4 is 20.9 Å². The fourth-order valence-corrected chi connectivity index (χ4v) is 3.33. The summed E-state index contributed by atoms with van der Waals surface area (Å²) in [6, 6.07) is 15.9. The molecule has 1 saturated heterocycles. The molecule has 0 aliphatic carbocycles. The molecule has 5 nitrogen and oxygen atoms in total. The van der Waals surface area contributed by atoms with Gasteiger partial charge in [-0.25, -0.2) is 5.43 Å². The number of benzene rings is 2. The molecule has 2 aromatic rings. The Bertz CT molecular complexity index is 799. The average molecular weight is 321 g/mol. The Hall–Kier alpha value is -2.63.